The van der Waals surface area contributed by atoms with Gasteiger partial charge >= 0.3 is 0 Å². The highest BCUT2D eigenvalue weighted by Crippen LogP contribution is 2.32. The minimum Gasteiger partial charge on any atom is -0.494 e. The van der Waals surface area contributed by atoms with Crippen molar-refractivity contribution in [3.05, 3.63) is 95.8 Å². The van der Waals surface area contributed by atoms with E-state index in [9.17, 15) is 9.59 Å². The molecule has 0 spiro atoms. The van der Waals surface area contributed by atoms with E-state index in [0.29, 0.717) is 40.8 Å². The fourth-order valence-corrected chi connectivity index (χ4v) is 3.64. The highest BCUT2D eigenvalue weighted by molar-refractivity contribution is 6.02. The largest absolute Gasteiger partial charge is 0.494 e. The molecular weight excluding hydrogens is 472 g/mol. The molecule has 2 aromatic heterocycles. The summed E-state index contributed by atoms with van der Waals surface area (Å²) < 4.78 is 21.2. The van der Waals surface area contributed by atoms with Crippen LogP contribution in [0.25, 0.3) is 0 Å². The maximum absolute atomic E-state index is 12.1. The number of hydrogen-bond donors (Lipinski definition) is 0. The molecule has 0 bridgehead atoms. The summed E-state index contributed by atoms with van der Waals surface area (Å²) in [7, 11) is 3.16. The molecule has 0 fully saturated rings. The Labute approximate surface area is 214 Å². The molecule has 0 unspecified atom stereocenters. The molecule has 0 aliphatic carbocycles. The van der Waals surface area contributed by atoms with Gasteiger partial charge in [-0.2, -0.15) is 0 Å². The van der Waals surface area contributed by atoms with Gasteiger partial charge in [0, 0.05) is 25.3 Å². The van der Waals surface area contributed by atoms with Crippen LogP contribution in [0, 0.1) is 0 Å². The molecule has 8 heteroatoms. The van der Waals surface area contributed by atoms with Crippen molar-refractivity contribution in [3.63, 3.8) is 0 Å². The lowest BCUT2D eigenvalue weighted by atomic mass is 10.0. The van der Waals surface area contributed by atoms with Crippen molar-refractivity contribution in [2.45, 2.75) is 19.3 Å². The number of benzene rings is 2. The van der Waals surface area contributed by atoms with Gasteiger partial charge in [0.1, 0.15) is 22.9 Å². The van der Waals surface area contributed by atoms with E-state index in [0.717, 1.165) is 11.1 Å². The van der Waals surface area contributed by atoms with Crippen LogP contribution in [0.5, 0.6) is 11.5 Å². The minimum atomic E-state index is -0.143. The van der Waals surface area contributed by atoms with Crippen LogP contribution in [-0.2, 0) is 6.42 Å². The van der Waals surface area contributed by atoms with E-state index in [2.05, 4.69) is 9.98 Å². The number of methoxy groups -OCH3 is 2. The summed E-state index contributed by atoms with van der Waals surface area (Å²) in [5, 5.41) is 0. The maximum atomic E-state index is 12.1. The van der Waals surface area contributed by atoms with Crippen LogP contribution in [0.15, 0.2) is 92.0 Å². The van der Waals surface area contributed by atoms with Gasteiger partial charge < -0.3 is 18.3 Å². The Bertz CT molecular complexity index is 1290. The molecular formula is C29H26N2O6. The monoisotopic (exact) mass is 498 g/mol. The van der Waals surface area contributed by atoms with Gasteiger partial charge in [-0.1, -0.05) is 12.1 Å². The molecule has 4 aromatic rings. The summed E-state index contributed by atoms with van der Waals surface area (Å²) >= 11 is 0. The SMILES string of the molecule is COc1cc(Cc2ccc(N=CCC(=O)c3ccco3)c(OC)c2)ccc1N=CCC(=O)c1ccco1. The summed E-state index contributed by atoms with van der Waals surface area (Å²) in [6.45, 7) is 0. The molecule has 8 nitrogen and oxygen atoms in total. The van der Waals surface area contributed by atoms with Gasteiger partial charge in [0.05, 0.1) is 26.7 Å². The van der Waals surface area contributed by atoms with E-state index in [1.807, 2.05) is 36.4 Å². The smallest absolute Gasteiger partial charge is 0.203 e. The summed E-state index contributed by atoms with van der Waals surface area (Å²) in [4.78, 5) is 32.9. The summed E-state index contributed by atoms with van der Waals surface area (Å²) in [6.07, 6.45) is 6.93. The number of rotatable bonds is 12. The third kappa shape index (κ3) is 6.70. The Hall–Kier alpha value is -4.72. The van der Waals surface area contributed by atoms with Gasteiger partial charge in [-0.05, 0) is 66.1 Å². The van der Waals surface area contributed by atoms with Crippen LogP contribution >= 0.6 is 0 Å². The Balaban J connectivity index is 1.40. The van der Waals surface area contributed by atoms with Crippen molar-refractivity contribution < 1.29 is 27.9 Å². The molecule has 0 radical (unpaired) electrons. The lowest BCUT2D eigenvalue weighted by Gasteiger charge is -2.10. The van der Waals surface area contributed by atoms with Crippen LogP contribution in [0.2, 0.25) is 0 Å². The van der Waals surface area contributed by atoms with Crippen molar-refractivity contribution >= 4 is 35.4 Å². The summed E-state index contributed by atoms with van der Waals surface area (Å²) in [5.74, 6) is 1.54. The minimum absolute atomic E-state index is 0.129. The Morgan fingerprint density at radius 1 is 0.730 bits per heavy atom. The maximum Gasteiger partial charge on any atom is 0.203 e. The normalized spacial score (nSPS) is 11.3. The van der Waals surface area contributed by atoms with Gasteiger partial charge in [0.2, 0.25) is 11.6 Å². The average molecular weight is 499 g/mol. The number of ketones is 2. The topological polar surface area (TPSA) is 104 Å². The fourth-order valence-electron chi connectivity index (χ4n) is 3.64. The number of hydrogen-bond acceptors (Lipinski definition) is 8. The van der Waals surface area contributed by atoms with Crippen LogP contribution in [0.1, 0.15) is 45.1 Å². The zero-order valence-corrected chi connectivity index (χ0v) is 20.5. The van der Waals surface area contributed by atoms with Crippen molar-refractivity contribution in [2.24, 2.45) is 9.98 Å². The average Bonchev–Trinajstić information content (AvgIpc) is 3.65. The Kier molecular flexibility index (Phi) is 8.44. The highest BCUT2D eigenvalue weighted by Gasteiger charge is 2.10. The third-order valence-corrected chi connectivity index (χ3v) is 5.50. The molecule has 0 atom stereocenters. The van der Waals surface area contributed by atoms with Crippen LogP contribution in [0.3, 0.4) is 0 Å². The van der Waals surface area contributed by atoms with Gasteiger partial charge in [-0.25, -0.2) is 0 Å². The van der Waals surface area contributed by atoms with E-state index >= 15 is 0 Å². The molecule has 37 heavy (non-hydrogen) atoms. The van der Waals surface area contributed by atoms with E-state index < -0.39 is 0 Å². The predicted octanol–water partition coefficient (Wildman–Crippen LogP) is 6.43. The predicted molar refractivity (Wildman–Crippen MR) is 140 cm³/mol. The first kappa shape index (κ1) is 25.4. The van der Waals surface area contributed by atoms with E-state index in [-0.39, 0.29) is 24.4 Å². The van der Waals surface area contributed by atoms with Crippen LogP contribution in [-0.4, -0.2) is 38.2 Å². The molecule has 0 amide bonds. The standard InChI is InChI=1S/C29H26N2O6/c1-34-28-18-20(7-9-22(28)30-13-11-24(32)26-5-3-15-36-26)17-21-8-10-23(29(19-21)35-2)31-14-12-25(33)27-6-4-16-37-27/h3-10,13-16,18-19H,11-12,17H2,1-2H3. The van der Waals surface area contributed by atoms with Gasteiger partial charge in [0.15, 0.2) is 11.5 Å². The second-order valence-electron chi connectivity index (χ2n) is 8.02. The quantitative estimate of drug-likeness (QED) is 0.165. The first-order valence-electron chi connectivity index (χ1n) is 11.6. The number of carbonyl (C=O) groups is 2. The number of aliphatic imine (C=N–C) groups is 2. The van der Waals surface area contributed by atoms with E-state index in [4.69, 9.17) is 18.3 Å². The van der Waals surface area contributed by atoms with Gasteiger partial charge in [0.25, 0.3) is 0 Å². The molecule has 4 rings (SSSR count). The Morgan fingerprint density at radius 2 is 1.19 bits per heavy atom. The first-order chi connectivity index (χ1) is 18.1. The van der Waals surface area contributed by atoms with Gasteiger partial charge in [-0.15, -0.1) is 0 Å². The second-order valence-corrected chi connectivity index (χ2v) is 8.02. The first-order valence-corrected chi connectivity index (χ1v) is 11.6. The summed E-state index contributed by atoms with van der Waals surface area (Å²) in [6, 6.07) is 18.1. The number of Topliss-reactive ketones (excluding diaryl/α,β-unsaturated/α-hetero) is 2. The van der Waals surface area contributed by atoms with Crippen molar-refractivity contribution in [1.29, 1.82) is 0 Å². The molecule has 2 heterocycles. The molecule has 0 saturated carbocycles. The summed E-state index contributed by atoms with van der Waals surface area (Å²) in [5.41, 5.74) is 3.30. The lowest BCUT2D eigenvalue weighted by Crippen LogP contribution is -1.97. The highest BCUT2D eigenvalue weighted by atomic mass is 16.5. The number of furan rings is 2. The lowest BCUT2D eigenvalue weighted by molar-refractivity contribution is 0.0968. The van der Waals surface area contributed by atoms with Crippen molar-refractivity contribution in [2.75, 3.05) is 14.2 Å². The van der Waals surface area contributed by atoms with Crippen molar-refractivity contribution in [3.8, 4) is 11.5 Å². The molecule has 0 aliphatic rings. The number of ether oxygens (including phenoxy) is 2. The number of carbonyl (C=O) groups excluding carboxylic acids is 2. The molecule has 2 aromatic carbocycles. The van der Waals surface area contributed by atoms with Gasteiger partial charge in [-0.3, -0.25) is 19.6 Å². The van der Waals surface area contributed by atoms with Crippen molar-refractivity contribution in [1.82, 2.24) is 0 Å². The van der Waals surface area contributed by atoms with Crippen LogP contribution < -0.4 is 9.47 Å². The zero-order chi connectivity index (χ0) is 26.0. The number of nitrogens with zero attached hydrogens (tertiary/aromatic N) is 2. The Morgan fingerprint density at radius 3 is 1.57 bits per heavy atom. The third-order valence-electron chi connectivity index (χ3n) is 5.50. The molecule has 0 aliphatic heterocycles. The van der Waals surface area contributed by atoms with E-state index in [1.54, 1.807) is 50.9 Å². The molecule has 0 saturated heterocycles. The molecule has 188 valence electrons. The zero-order valence-electron chi connectivity index (χ0n) is 20.5. The van der Waals surface area contributed by atoms with E-state index in [1.165, 1.54) is 12.5 Å². The fraction of sp³-hybridized carbons (Fsp3) is 0.172. The van der Waals surface area contributed by atoms with Crippen LogP contribution in [0.4, 0.5) is 11.4 Å². The molecule has 0 N–H and O–H groups in total. The second kappa shape index (κ2) is 12.3.